The second-order valence-corrected chi connectivity index (χ2v) is 8.47. The van der Waals surface area contributed by atoms with Crippen LogP contribution in [-0.4, -0.2) is 29.0 Å². The Morgan fingerprint density at radius 2 is 1.92 bits per heavy atom. The first kappa shape index (κ1) is 25.7. The summed E-state index contributed by atoms with van der Waals surface area (Å²) in [7, 11) is 3.54. The summed E-state index contributed by atoms with van der Waals surface area (Å²) in [6.45, 7) is 10.3. The molecule has 0 aliphatic heterocycles. The fourth-order valence-corrected chi connectivity index (χ4v) is 4.30. The van der Waals surface area contributed by atoms with Gasteiger partial charge in [0.15, 0.2) is 5.65 Å². The van der Waals surface area contributed by atoms with E-state index in [0.717, 1.165) is 11.1 Å². The summed E-state index contributed by atoms with van der Waals surface area (Å²) in [4.78, 5) is 12.4. The number of H-pyrrole nitrogens is 1. The average Bonchev–Trinajstić information content (AvgIpc) is 3.33. The standard InChI is InChI=1S/C30H29F2N5/c1-6-8-9-20(7-2)25-15-24(27(34-5)16-26(25)32)18(3)29-36-28-23(10-11-35-30(28)37-29)21-12-19(17-33-4)13-22(31)14-21/h6-16,33-34H,1,3,17H2,2,4-5H3,(H,35,36,37)/b9-8-,20-7+. The second-order valence-electron chi connectivity index (χ2n) is 8.47. The van der Waals surface area contributed by atoms with Crippen LogP contribution in [0.3, 0.4) is 0 Å². The third-order valence-corrected chi connectivity index (χ3v) is 6.06. The van der Waals surface area contributed by atoms with Crippen molar-refractivity contribution in [1.82, 2.24) is 20.3 Å². The highest BCUT2D eigenvalue weighted by molar-refractivity contribution is 5.93. The molecule has 0 unspecified atom stereocenters. The van der Waals surface area contributed by atoms with Gasteiger partial charge in [0, 0.05) is 47.7 Å². The summed E-state index contributed by atoms with van der Waals surface area (Å²) in [6, 6.07) is 9.96. The Bertz CT molecular complexity index is 1550. The third-order valence-electron chi connectivity index (χ3n) is 6.06. The lowest BCUT2D eigenvalue weighted by atomic mass is 9.96. The number of aromatic amines is 1. The van der Waals surface area contributed by atoms with Crippen molar-refractivity contribution < 1.29 is 8.78 Å². The Morgan fingerprint density at radius 1 is 1.11 bits per heavy atom. The zero-order valence-electron chi connectivity index (χ0n) is 21.1. The van der Waals surface area contributed by atoms with E-state index >= 15 is 4.39 Å². The molecular weight excluding hydrogens is 468 g/mol. The molecule has 4 aromatic rings. The van der Waals surface area contributed by atoms with Crippen LogP contribution in [0.2, 0.25) is 0 Å². The smallest absolute Gasteiger partial charge is 0.178 e. The van der Waals surface area contributed by atoms with Gasteiger partial charge in [-0.15, -0.1) is 0 Å². The van der Waals surface area contributed by atoms with Crippen LogP contribution < -0.4 is 10.6 Å². The van der Waals surface area contributed by atoms with Gasteiger partial charge in [0.1, 0.15) is 17.5 Å². The topological polar surface area (TPSA) is 65.6 Å². The monoisotopic (exact) mass is 497 g/mol. The summed E-state index contributed by atoms with van der Waals surface area (Å²) in [6.07, 6.45) is 8.68. The minimum atomic E-state index is -0.361. The van der Waals surface area contributed by atoms with Crippen molar-refractivity contribution in [1.29, 1.82) is 0 Å². The average molecular weight is 498 g/mol. The number of rotatable bonds is 9. The largest absolute Gasteiger partial charge is 0.388 e. The Morgan fingerprint density at radius 3 is 2.62 bits per heavy atom. The van der Waals surface area contributed by atoms with Crippen molar-refractivity contribution in [2.24, 2.45) is 0 Å². The van der Waals surface area contributed by atoms with Gasteiger partial charge in [-0.3, -0.25) is 0 Å². The van der Waals surface area contributed by atoms with Crippen LogP contribution in [0.5, 0.6) is 0 Å². The molecule has 2 aromatic carbocycles. The highest BCUT2D eigenvalue weighted by Crippen LogP contribution is 2.34. The third kappa shape index (κ3) is 5.27. The van der Waals surface area contributed by atoms with E-state index in [-0.39, 0.29) is 11.6 Å². The number of nitrogens with one attached hydrogen (secondary N) is 3. The Hall–Kier alpha value is -4.36. The Kier molecular flexibility index (Phi) is 7.74. The molecule has 0 aliphatic rings. The minimum Gasteiger partial charge on any atom is -0.388 e. The van der Waals surface area contributed by atoms with Crippen molar-refractivity contribution in [3.8, 4) is 11.1 Å². The van der Waals surface area contributed by atoms with Gasteiger partial charge in [-0.2, -0.15) is 0 Å². The highest BCUT2D eigenvalue weighted by Gasteiger charge is 2.18. The number of fused-ring (bicyclic) bond motifs is 1. The molecule has 0 atom stereocenters. The summed E-state index contributed by atoms with van der Waals surface area (Å²) in [5.74, 6) is -0.195. The fourth-order valence-electron chi connectivity index (χ4n) is 4.30. The minimum absolute atomic E-state index is 0.320. The zero-order chi connectivity index (χ0) is 26.5. The van der Waals surface area contributed by atoms with E-state index in [0.29, 0.717) is 57.1 Å². The van der Waals surface area contributed by atoms with Gasteiger partial charge in [0.25, 0.3) is 0 Å². The lowest BCUT2D eigenvalue weighted by Gasteiger charge is -2.14. The predicted molar refractivity (Wildman–Crippen MR) is 149 cm³/mol. The number of benzene rings is 2. The van der Waals surface area contributed by atoms with Gasteiger partial charge in [-0.05, 0) is 67.1 Å². The molecule has 0 aliphatic carbocycles. The zero-order valence-corrected chi connectivity index (χ0v) is 21.1. The van der Waals surface area contributed by atoms with E-state index in [1.54, 1.807) is 37.5 Å². The number of aromatic nitrogens is 3. The number of nitrogens with zero attached hydrogens (tertiary/aromatic N) is 2. The second kappa shape index (κ2) is 11.1. The van der Waals surface area contributed by atoms with E-state index < -0.39 is 0 Å². The maximum absolute atomic E-state index is 15.0. The molecule has 2 aromatic heterocycles. The number of hydrogen-bond donors (Lipinski definition) is 3. The van der Waals surface area contributed by atoms with E-state index in [4.69, 9.17) is 0 Å². The van der Waals surface area contributed by atoms with Crippen LogP contribution in [0.25, 0.3) is 33.4 Å². The molecule has 188 valence electrons. The number of allylic oxidation sites excluding steroid dienone is 5. The Balaban J connectivity index is 1.82. The quantitative estimate of drug-likeness (QED) is 0.221. The molecule has 4 rings (SSSR count). The molecular formula is C30H29F2N5. The SMILES string of the molecule is C=C/C=C\C(=C/C)c1cc(C(=C)c2nc3nccc(-c4cc(F)cc(CNC)c4)c3[nH]2)c(NC)cc1F. The Labute approximate surface area is 215 Å². The summed E-state index contributed by atoms with van der Waals surface area (Å²) >= 11 is 0. The van der Waals surface area contributed by atoms with E-state index in [2.05, 4.69) is 38.7 Å². The lowest BCUT2D eigenvalue weighted by Crippen LogP contribution is -2.05. The molecule has 3 N–H and O–H groups in total. The highest BCUT2D eigenvalue weighted by atomic mass is 19.1. The van der Waals surface area contributed by atoms with Crippen molar-refractivity contribution in [2.75, 3.05) is 19.4 Å². The van der Waals surface area contributed by atoms with Crippen LogP contribution in [0.4, 0.5) is 14.5 Å². The van der Waals surface area contributed by atoms with Crippen LogP contribution in [-0.2, 0) is 6.54 Å². The van der Waals surface area contributed by atoms with Crippen molar-refractivity contribution in [3.05, 3.63) is 114 Å². The number of pyridine rings is 1. The summed E-state index contributed by atoms with van der Waals surface area (Å²) < 4.78 is 29.4. The maximum Gasteiger partial charge on any atom is 0.178 e. The first-order valence-electron chi connectivity index (χ1n) is 11.9. The van der Waals surface area contributed by atoms with E-state index in [1.807, 2.05) is 32.2 Å². The first-order chi connectivity index (χ1) is 17.9. The molecule has 0 bridgehead atoms. The van der Waals surface area contributed by atoms with Gasteiger partial charge < -0.3 is 15.6 Å². The summed E-state index contributed by atoms with van der Waals surface area (Å²) in [5.41, 5.74) is 6.42. The van der Waals surface area contributed by atoms with E-state index in [1.165, 1.54) is 18.2 Å². The fraction of sp³-hybridized carbons (Fsp3) is 0.133. The molecule has 2 heterocycles. The first-order valence-corrected chi connectivity index (χ1v) is 11.9. The van der Waals surface area contributed by atoms with Crippen LogP contribution in [0, 0.1) is 11.6 Å². The lowest BCUT2D eigenvalue weighted by molar-refractivity contribution is 0.624. The predicted octanol–water partition coefficient (Wildman–Crippen LogP) is 6.87. The number of imidazole rings is 1. The molecule has 0 saturated carbocycles. The van der Waals surface area contributed by atoms with Crippen molar-refractivity contribution in [3.63, 3.8) is 0 Å². The van der Waals surface area contributed by atoms with Crippen LogP contribution >= 0.6 is 0 Å². The number of halogens is 2. The summed E-state index contributed by atoms with van der Waals surface area (Å²) in [5, 5.41) is 6.10. The van der Waals surface area contributed by atoms with Gasteiger partial charge in [0.2, 0.25) is 0 Å². The van der Waals surface area contributed by atoms with Gasteiger partial charge >= 0.3 is 0 Å². The molecule has 7 heteroatoms. The molecule has 5 nitrogen and oxygen atoms in total. The molecule has 0 fully saturated rings. The van der Waals surface area contributed by atoms with E-state index in [9.17, 15) is 4.39 Å². The molecule has 0 saturated heterocycles. The number of hydrogen-bond acceptors (Lipinski definition) is 4. The maximum atomic E-state index is 15.0. The van der Waals surface area contributed by atoms with Gasteiger partial charge in [0.05, 0.1) is 5.52 Å². The molecule has 0 radical (unpaired) electrons. The van der Waals surface area contributed by atoms with Gasteiger partial charge in [-0.1, -0.05) is 37.5 Å². The normalized spacial score (nSPS) is 11.9. The molecule has 0 spiro atoms. The van der Waals surface area contributed by atoms with Crippen molar-refractivity contribution in [2.45, 2.75) is 13.5 Å². The molecule has 0 amide bonds. The van der Waals surface area contributed by atoms with Gasteiger partial charge in [-0.25, -0.2) is 18.7 Å². The van der Waals surface area contributed by atoms with Crippen LogP contribution in [0.15, 0.2) is 80.1 Å². The van der Waals surface area contributed by atoms with Crippen LogP contribution in [0.1, 0.15) is 29.4 Å². The number of anilines is 1. The van der Waals surface area contributed by atoms with Crippen molar-refractivity contribution >= 4 is 28.0 Å². The molecule has 37 heavy (non-hydrogen) atoms.